The molecule has 3 aromatic rings. The topological polar surface area (TPSA) is 126 Å². The van der Waals surface area contributed by atoms with E-state index in [1.54, 1.807) is 48.9 Å². The van der Waals surface area contributed by atoms with Crippen molar-refractivity contribution < 1.29 is 19.5 Å². The van der Waals surface area contributed by atoms with Crippen LogP contribution in [0.4, 0.5) is 5.69 Å². The van der Waals surface area contributed by atoms with Crippen LogP contribution in [-0.4, -0.2) is 43.4 Å². The van der Waals surface area contributed by atoms with Crippen LogP contribution in [0.3, 0.4) is 0 Å². The van der Waals surface area contributed by atoms with Crippen molar-refractivity contribution in [2.75, 3.05) is 11.1 Å². The Labute approximate surface area is 196 Å². The zero-order valence-corrected chi connectivity index (χ0v) is 19.6. The molecule has 0 saturated carbocycles. The molecule has 0 aliphatic carbocycles. The average Bonchev–Trinajstić information content (AvgIpc) is 3.13. The standard InChI is InChI=1S/C21H20BrN5O4S/c1-12(23-19(29)15-8-3-4-9-16(15)22)18-25-26-21(27(18)2)32-11-17(28)24-14-7-5-6-13(10-14)20(30)31/h3-10,12H,11H2,1-2H3,(H,23,29)(H,24,28)(H,30,31)/t12-/m1/s1. The SMILES string of the molecule is C[C@@H](NC(=O)c1ccccc1Br)c1nnc(SCC(=O)Nc2cccc(C(=O)O)c2)n1C. The van der Waals surface area contributed by atoms with Crippen molar-refractivity contribution in [3.05, 3.63) is 70.0 Å². The zero-order valence-electron chi connectivity index (χ0n) is 17.2. The monoisotopic (exact) mass is 517 g/mol. The summed E-state index contributed by atoms with van der Waals surface area (Å²) in [5, 5.41) is 23.4. The zero-order chi connectivity index (χ0) is 23.3. The number of hydrogen-bond acceptors (Lipinski definition) is 6. The Bertz CT molecular complexity index is 1170. The number of carboxylic acid groups (broad SMARTS) is 1. The van der Waals surface area contributed by atoms with Crippen molar-refractivity contribution in [2.24, 2.45) is 7.05 Å². The van der Waals surface area contributed by atoms with Crippen LogP contribution in [0.2, 0.25) is 0 Å². The molecule has 9 nitrogen and oxygen atoms in total. The minimum absolute atomic E-state index is 0.0565. The number of nitrogens with zero attached hydrogens (tertiary/aromatic N) is 3. The summed E-state index contributed by atoms with van der Waals surface area (Å²) in [6, 6.07) is 12.7. The third-order valence-electron chi connectivity index (χ3n) is 4.45. The number of rotatable bonds is 8. The predicted octanol–water partition coefficient (Wildman–Crippen LogP) is 3.50. The van der Waals surface area contributed by atoms with Gasteiger partial charge < -0.3 is 20.3 Å². The van der Waals surface area contributed by atoms with Crippen molar-refractivity contribution >= 4 is 51.2 Å². The first-order valence-electron chi connectivity index (χ1n) is 9.47. The van der Waals surface area contributed by atoms with Crippen molar-refractivity contribution in [1.29, 1.82) is 0 Å². The van der Waals surface area contributed by atoms with Crippen LogP contribution >= 0.6 is 27.7 Å². The van der Waals surface area contributed by atoms with Crippen molar-refractivity contribution in [3.8, 4) is 0 Å². The fraction of sp³-hybridized carbons (Fsp3) is 0.190. The molecule has 0 bridgehead atoms. The summed E-state index contributed by atoms with van der Waals surface area (Å²) < 4.78 is 2.41. The molecule has 0 aliphatic rings. The number of aromatic nitrogens is 3. The third kappa shape index (κ3) is 5.74. The lowest BCUT2D eigenvalue weighted by atomic mass is 10.2. The van der Waals surface area contributed by atoms with Gasteiger partial charge in [-0.05, 0) is 53.2 Å². The molecule has 1 atom stereocenters. The Morgan fingerprint density at radius 1 is 1.16 bits per heavy atom. The second-order valence-corrected chi connectivity index (χ2v) is 8.59. The fourth-order valence-electron chi connectivity index (χ4n) is 2.87. The number of amides is 2. The molecule has 3 rings (SSSR count). The molecule has 1 aromatic heterocycles. The number of carbonyl (C=O) groups is 3. The number of carboxylic acids is 1. The first-order chi connectivity index (χ1) is 15.3. The fourth-order valence-corrected chi connectivity index (χ4v) is 4.05. The molecule has 0 unspecified atom stereocenters. The second-order valence-electron chi connectivity index (χ2n) is 6.80. The van der Waals surface area contributed by atoms with Gasteiger partial charge in [-0.2, -0.15) is 0 Å². The quantitative estimate of drug-likeness (QED) is 0.390. The Kier molecular flexibility index (Phi) is 7.65. The summed E-state index contributed by atoms with van der Waals surface area (Å²) in [4.78, 5) is 35.8. The number of benzene rings is 2. The van der Waals surface area contributed by atoms with Gasteiger partial charge in [0.1, 0.15) is 0 Å². The van der Waals surface area contributed by atoms with E-state index >= 15 is 0 Å². The first-order valence-corrected chi connectivity index (χ1v) is 11.2. The molecule has 0 saturated heterocycles. The van der Waals surface area contributed by atoms with Gasteiger partial charge in [-0.15, -0.1) is 10.2 Å². The van der Waals surface area contributed by atoms with E-state index in [1.165, 1.54) is 23.9 Å². The van der Waals surface area contributed by atoms with E-state index in [2.05, 4.69) is 36.8 Å². The maximum Gasteiger partial charge on any atom is 0.335 e. The van der Waals surface area contributed by atoms with Gasteiger partial charge in [0.05, 0.1) is 22.9 Å². The smallest absolute Gasteiger partial charge is 0.335 e. The highest BCUT2D eigenvalue weighted by Gasteiger charge is 2.20. The second kappa shape index (κ2) is 10.4. The third-order valence-corrected chi connectivity index (χ3v) is 6.16. The summed E-state index contributed by atoms with van der Waals surface area (Å²) in [7, 11) is 1.76. The van der Waals surface area contributed by atoms with E-state index in [4.69, 9.17) is 5.11 Å². The average molecular weight is 518 g/mol. The summed E-state index contributed by atoms with van der Waals surface area (Å²) in [6.07, 6.45) is 0. The van der Waals surface area contributed by atoms with Crippen LogP contribution < -0.4 is 10.6 Å². The van der Waals surface area contributed by atoms with Gasteiger partial charge in [-0.3, -0.25) is 9.59 Å². The first kappa shape index (κ1) is 23.5. The number of aromatic carboxylic acids is 1. The van der Waals surface area contributed by atoms with Gasteiger partial charge in [0.25, 0.3) is 5.91 Å². The van der Waals surface area contributed by atoms with Crippen LogP contribution in [-0.2, 0) is 11.8 Å². The minimum Gasteiger partial charge on any atom is -0.478 e. The molecule has 3 N–H and O–H groups in total. The van der Waals surface area contributed by atoms with Crippen LogP contribution in [0.1, 0.15) is 39.5 Å². The van der Waals surface area contributed by atoms with E-state index < -0.39 is 12.0 Å². The molecule has 0 aliphatic heterocycles. The van der Waals surface area contributed by atoms with Crippen LogP contribution in [0, 0.1) is 0 Å². The van der Waals surface area contributed by atoms with E-state index in [0.29, 0.717) is 26.7 Å². The number of anilines is 1. The largest absolute Gasteiger partial charge is 0.478 e. The van der Waals surface area contributed by atoms with Crippen molar-refractivity contribution in [3.63, 3.8) is 0 Å². The summed E-state index contributed by atoms with van der Waals surface area (Å²) in [6.45, 7) is 1.80. The lowest BCUT2D eigenvalue weighted by Crippen LogP contribution is -2.28. The molecule has 166 valence electrons. The molecule has 0 spiro atoms. The Hall–Kier alpha value is -3.18. The molecule has 2 aromatic carbocycles. The van der Waals surface area contributed by atoms with Gasteiger partial charge in [-0.25, -0.2) is 4.79 Å². The molecule has 0 radical (unpaired) electrons. The highest BCUT2D eigenvalue weighted by atomic mass is 79.9. The molecule has 2 amide bonds. The number of nitrogens with one attached hydrogen (secondary N) is 2. The Morgan fingerprint density at radius 2 is 1.91 bits per heavy atom. The highest BCUT2D eigenvalue weighted by Crippen LogP contribution is 2.21. The van der Waals surface area contributed by atoms with Crippen molar-refractivity contribution in [1.82, 2.24) is 20.1 Å². The van der Waals surface area contributed by atoms with Crippen LogP contribution in [0.15, 0.2) is 58.2 Å². The summed E-state index contributed by atoms with van der Waals surface area (Å²) in [5.41, 5.74) is 1.00. The number of carbonyl (C=O) groups excluding carboxylic acids is 2. The van der Waals surface area contributed by atoms with Gasteiger partial charge in [0, 0.05) is 17.2 Å². The maximum absolute atomic E-state index is 12.5. The summed E-state index contributed by atoms with van der Waals surface area (Å²) in [5.74, 6) is -1.02. The molecular weight excluding hydrogens is 498 g/mol. The predicted molar refractivity (Wildman–Crippen MR) is 124 cm³/mol. The van der Waals surface area contributed by atoms with Gasteiger partial charge >= 0.3 is 5.97 Å². The van der Waals surface area contributed by atoms with Gasteiger partial charge in [-0.1, -0.05) is 30.0 Å². The number of thioether (sulfide) groups is 1. The molecule has 1 heterocycles. The lowest BCUT2D eigenvalue weighted by Gasteiger charge is -2.14. The van der Waals surface area contributed by atoms with Crippen LogP contribution in [0.25, 0.3) is 0 Å². The van der Waals surface area contributed by atoms with E-state index in [9.17, 15) is 14.4 Å². The highest BCUT2D eigenvalue weighted by molar-refractivity contribution is 9.10. The van der Waals surface area contributed by atoms with Gasteiger partial charge in [0.15, 0.2) is 11.0 Å². The molecule has 32 heavy (non-hydrogen) atoms. The number of hydrogen-bond donors (Lipinski definition) is 3. The van der Waals surface area contributed by atoms with Gasteiger partial charge in [0.2, 0.25) is 5.91 Å². The number of halogens is 1. The van der Waals surface area contributed by atoms with E-state index in [1.807, 2.05) is 6.07 Å². The maximum atomic E-state index is 12.5. The Balaban J connectivity index is 1.59. The van der Waals surface area contributed by atoms with Crippen LogP contribution in [0.5, 0.6) is 0 Å². The molecule has 11 heteroatoms. The molecule has 0 fully saturated rings. The minimum atomic E-state index is -1.07. The molecular formula is C21H20BrN5O4S. The van der Waals surface area contributed by atoms with E-state index in [-0.39, 0.29) is 23.1 Å². The Morgan fingerprint density at radius 3 is 2.62 bits per heavy atom. The summed E-state index contributed by atoms with van der Waals surface area (Å²) >= 11 is 4.55. The normalized spacial score (nSPS) is 11.6. The van der Waals surface area contributed by atoms with E-state index in [0.717, 1.165) is 0 Å². The van der Waals surface area contributed by atoms with Crippen molar-refractivity contribution in [2.45, 2.75) is 18.1 Å². The lowest BCUT2D eigenvalue weighted by molar-refractivity contribution is -0.113.